The van der Waals surface area contributed by atoms with E-state index in [1.165, 1.54) is 18.9 Å². The Morgan fingerprint density at radius 2 is 1.96 bits per heavy atom. The fraction of sp³-hybridized carbons (Fsp3) is 0.600. The summed E-state index contributed by atoms with van der Waals surface area (Å²) < 4.78 is 15.7. The number of ether oxygens (including phenoxy) is 3. The predicted octanol–water partition coefficient (Wildman–Crippen LogP) is 4.31. The Hall–Kier alpha value is -1.89. The molecule has 1 rings (SSSR count). The molecule has 0 saturated carbocycles. The van der Waals surface area contributed by atoms with Gasteiger partial charge in [0, 0.05) is 4.90 Å². The second kappa shape index (κ2) is 12.5. The van der Waals surface area contributed by atoms with Gasteiger partial charge in [0.2, 0.25) is 0 Å². The molecule has 0 saturated heterocycles. The average molecular weight is 398 g/mol. The van der Waals surface area contributed by atoms with Crippen LogP contribution in [0.15, 0.2) is 17.0 Å². The Bertz CT molecular complexity index is 621. The first-order valence-electron chi connectivity index (χ1n) is 9.39. The first-order valence-corrected chi connectivity index (χ1v) is 10.4. The van der Waals surface area contributed by atoms with Crippen molar-refractivity contribution in [1.29, 1.82) is 0 Å². The Morgan fingerprint density at radius 1 is 1.22 bits per heavy atom. The molecule has 6 nitrogen and oxygen atoms in total. The van der Waals surface area contributed by atoms with Crippen molar-refractivity contribution >= 4 is 29.4 Å². The number of carbonyl (C=O) groups is 2. The predicted molar refractivity (Wildman–Crippen MR) is 108 cm³/mol. The third-order valence-corrected chi connectivity index (χ3v) is 5.23. The van der Waals surface area contributed by atoms with Crippen LogP contribution < -0.4 is 10.5 Å². The van der Waals surface area contributed by atoms with Crippen molar-refractivity contribution in [1.82, 2.24) is 0 Å². The highest BCUT2D eigenvalue weighted by Gasteiger charge is 2.18. The lowest BCUT2D eigenvalue weighted by Crippen LogP contribution is -2.15. The summed E-state index contributed by atoms with van der Waals surface area (Å²) in [4.78, 5) is 24.6. The summed E-state index contributed by atoms with van der Waals surface area (Å²) in [5, 5.41) is 0. The van der Waals surface area contributed by atoms with Gasteiger partial charge in [-0.05, 0) is 31.4 Å². The number of nitrogens with two attached hydrogens (primary N) is 1. The molecule has 0 aliphatic carbocycles. The van der Waals surface area contributed by atoms with Gasteiger partial charge in [0.15, 0.2) is 0 Å². The van der Waals surface area contributed by atoms with Crippen molar-refractivity contribution in [2.75, 3.05) is 31.8 Å². The molecule has 1 atom stereocenters. The summed E-state index contributed by atoms with van der Waals surface area (Å²) in [5.74, 6) is 0.186. The second-order valence-electron chi connectivity index (χ2n) is 6.20. The zero-order chi connectivity index (χ0) is 20.2. The van der Waals surface area contributed by atoms with Gasteiger partial charge in [-0.25, -0.2) is 4.79 Å². The van der Waals surface area contributed by atoms with Crippen molar-refractivity contribution in [2.24, 2.45) is 5.92 Å². The molecular formula is C20H31NO5S. The molecule has 0 aliphatic heterocycles. The number of thioether (sulfide) groups is 1. The molecular weight excluding hydrogens is 366 g/mol. The monoisotopic (exact) mass is 397 g/mol. The van der Waals surface area contributed by atoms with E-state index in [1.807, 2.05) is 6.92 Å². The summed E-state index contributed by atoms with van der Waals surface area (Å²) in [7, 11) is 1.29. The van der Waals surface area contributed by atoms with Gasteiger partial charge in [-0.2, -0.15) is 0 Å². The van der Waals surface area contributed by atoms with Crippen LogP contribution in [0.4, 0.5) is 5.69 Å². The number of esters is 2. The van der Waals surface area contributed by atoms with Gasteiger partial charge in [-0.15, -0.1) is 11.8 Å². The molecule has 1 aromatic rings. The Morgan fingerprint density at radius 3 is 2.56 bits per heavy atom. The van der Waals surface area contributed by atoms with Crippen molar-refractivity contribution in [3.8, 4) is 5.75 Å². The van der Waals surface area contributed by atoms with Crippen LogP contribution in [0.25, 0.3) is 0 Å². The van der Waals surface area contributed by atoms with Gasteiger partial charge < -0.3 is 19.9 Å². The fourth-order valence-corrected chi connectivity index (χ4v) is 3.36. The van der Waals surface area contributed by atoms with E-state index < -0.39 is 5.97 Å². The van der Waals surface area contributed by atoms with Crippen LogP contribution in [0.3, 0.4) is 0 Å². The number of hydrogen-bond acceptors (Lipinski definition) is 7. The standard InChI is InChI=1S/C20H31NO5S/c1-5-8-9-14(6-2)12-26-18(22)13-27-17-11-15(25-7-3)10-16(19(17)21)20(23)24-4/h10-11,14H,5-9,12-13,21H2,1-4H3. The van der Waals surface area contributed by atoms with Crippen LogP contribution in [-0.4, -0.2) is 38.0 Å². The Balaban J connectivity index is 2.73. The number of hydrogen-bond donors (Lipinski definition) is 1. The maximum atomic E-state index is 12.1. The number of rotatable bonds is 12. The summed E-state index contributed by atoms with van der Waals surface area (Å²) >= 11 is 1.23. The van der Waals surface area contributed by atoms with Crippen LogP contribution in [0.1, 0.15) is 56.8 Å². The topological polar surface area (TPSA) is 87.8 Å². The molecule has 0 aromatic heterocycles. The second-order valence-corrected chi connectivity index (χ2v) is 7.21. The zero-order valence-corrected chi connectivity index (χ0v) is 17.5. The number of anilines is 1. The van der Waals surface area contributed by atoms with Crippen molar-refractivity contribution in [3.05, 3.63) is 17.7 Å². The highest BCUT2D eigenvalue weighted by Crippen LogP contribution is 2.33. The summed E-state index contributed by atoms with van der Waals surface area (Å²) in [6.07, 6.45) is 4.34. The van der Waals surface area contributed by atoms with E-state index in [0.29, 0.717) is 29.8 Å². The molecule has 1 unspecified atom stereocenters. The molecule has 0 amide bonds. The molecule has 0 fully saturated rings. The van der Waals surface area contributed by atoms with Gasteiger partial charge in [-0.1, -0.05) is 33.1 Å². The lowest BCUT2D eigenvalue weighted by Gasteiger charge is -2.15. The van der Waals surface area contributed by atoms with E-state index in [9.17, 15) is 9.59 Å². The highest BCUT2D eigenvalue weighted by molar-refractivity contribution is 8.00. The molecule has 2 N–H and O–H groups in total. The van der Waals surface area contributed by atoms with Crippen LogP contribution in [-0.2, 0) is 14.3 Å². The molecule has 0 heterocycles. The van der Waals surface area contributed by atoms with Crippen LogP contribution in [0, 0.1) is 5.92 Å². The minimum Gasteiger partial charge on any atom is -0.494 e. The van der Waals surface area contributed by atoms with Crippen LogP contribution >= 0.6 is 11.8 Å². The van der Waals surface area contributed by atoms with Crippen LogP contribution in [0.5, 0.6) is 5.75 Å². The van der Waals surface area contributed by atoms with Gasteiger partial charge in [0.1, 0.15) is 5.75 Å². The van der Waals surface area contributed by atoms with E-state index in [0.717, 1.165) is 25.7 Å². The first kappa shape index (κ1) is 23.1. The van der Waals surface area contributed by atoms with Gasteiger partial charge >= 0.3 is 11.9 Å². The lowest BCUT2D eigenvalue weighted by atomic mass is 10.0. The zero-order valence-electron chi connectivity index (χ0n) is 16.7. The third-order valence-electron chi connectivity index (χ3n) is 4.20. The summed E-state index contributed by atoms with van der Waals surface area (Å²) in [6, 6.07) is 3.27. The Labute approximate surface area is 166 Å². The largest absolute Gasteiger partial charge is 0.494 e. The van der Waals surface area contributed by atoms with E-state index >= 15 is 0 Å². The summed E-state index contributed by atoms with van der Waals surface area (Å²) in [5.41, 5.74) is 6.58. The van der Waals surface area contributed by atoms with Crippen molar-refractivity contribution in [3.63, 3.8) is 0 Å². The van der Waals surface area contributed by atoms with Crippen molar-refractivity contribution in [2.45, 2.75) is 51.3 Å². The molecule has 0 aliphatic rings. The van der Waals surface area contributed by atoms with Gasteiger partial charge in [0.05, 0.1) is 37.3 Å². The smallest absolute Gasteiger partial charge is 0.340 e. The van der Waals surface area contributed by atoms with E-state index in [-0.39, 0.29) is 23.0 Å². The van der Waals surface area contributed by atoms with E-state index in [4.69, 9.17) is 19.9 Å². The maximum Gasteiger partial charge on any atom is 0.340 e. The third kappa shape index (κ3) is 7.71. The number of unbranched alkanes of at least 4 members (excludes halogenated alkanes) is 1. The first-order chi connectivity index (χ1) is 13.0. The van der Waals surface area contributed by atoms with Crippen LogP contribution in [0.2, 0.25) is 0 Å². The van der Waals surface area contributed by atoms with Gasteiger partial charge in [0.25, 0.3) is 0 Å². The molecule has 7 heteroatoms. The average Bonchev–Trinajstić information content (AvgIpc) is 2.67. The van der Waals surface area contributed by atoms with E-state index in [2.05, 4.69) is 13.8 Å². The summed E-state index contributed by atoms with van der Waals surface area (Å²) in [6.45, 7) is 7.00. The van der Waals surface area contributed by atoms with Gasteiger partial charge in [-0.3, -0.25) is 4.79 Å². The number of nitrogen functional groups attached to an aromatic ring is 1. The molecule has 27 heavy (non-hydrogen) atoms. The SMILES string of the molecule is CCCCC(CC)COC(=O)CSc1cc(OCC)cc(C(=O)OC)c1N. The van der Waals surface area contributed by atoms with E-state index in [1.54, 1.807) is 12.1 Å². The minimum absolute atomic E-state index is 0.116. The number of methoxy groups -OCH3 is 1. The number of benzene rings is 1. The van der Waals surface area contributed by atoms with Crippen molar-refractivity contribution < 1.29 is 23.8 Å². The molecule has 0 spiro atoms. The molecule has 0 bridgehead atoms. The quantitative estimate of drug-likeness (QED) is 0.319. The normalized spacial score (nSPS) is 11.7. The fourth-order valence-electron chi connectivity index (χ4n) is 2.54. The highest BCUT2D eigenvalue weighted by atomic mass is 32.2. The number of carbonyl (C=O) groups excluding carboxylic acids is 2. The maximum absolute atomic E-state index is 12.1. The molecule has 0 radical (unpaired) electrons. The minimum atomic E-state index is -0.541. The molecule has 1 aromatic carbocycles. The Kier molecular flexibility index (Phi) is 10.7. The lowest BCUT2D eigenvalue weighted by molar-refractivity contribution is -0.141. The molecule has 152 valence electrons.